The van der Waals surface area contributed by atoms with Gasteiger partial charge in [-0.15, -0.1) is 0 Å². The van der Waals surface area contributed by atoms with Gasteiger partial charge in [-0.1, -0.05) is 18.7 Å². The minimum absolute atomic E-state index is 0. The number of rotatable bonds is 5. The van der Waals surface area contributed by atoms with Gasteiger partial charge in [-0.25, -0.2) is 8.42 Å². The van der Waals surface area contributed by atoms with Crippen molar-refractivity contribution in [1.82, 2.24) is 0 Å². The third-order valence-electron chi connectivity index (χ3n) is 1.09. The largest absolute Gasteiger partial charge is 1.00 e. The fourth-order valence-electron chi connectivity index (χ4n) is 0.524. The second kappa shape index (κ2) is 8.26. The minimum atomic E-state index is -4.10. The minimum Gasteiger partial charge on any atom is -0.748 e. The fourth-order valence-corrected chi connectivity index (χ4v) is 1.92. The van der Waals surface area contributed by atoms with Crippen LogP contribution >= 0.6 is 11.8 Å². The Morgan fingerprint density at radius 1 is 1.46 bits per heavy atom. The molecule has 0 fully saturated rings. The van der Waals surface area contributed by atoms with Crippen molar-refractivity contribution in [3.63, 3.8) is 0 Å². The molecular weight excluding hydrogens is 223 g/mol. The third-order valence-corrected chi connectivity index (χ3v) is 2.98. The topological polar surface area (TPSA) is 74.3 Å². The molecule has 4 nitrogen and oxygen atoms in total. The van der Waals surface area contributed by atoms with Crippen molar-refractivity contribution in [3.8, 4) is 0 Å². The van der Waals surface area contributed by atoms with Crippen LogP contribution < -0.4 is 29.6 Å². The molecule has 0 N–H and O–H groups in total. The van der Waals surface area contributed by atoms with Crippen molar-refractivity contribution in [1.29, 1.82) is 0 Å². The molecule has 7 heteroatoms. The van der Waals surface area contributed by atoms with Gasteiger partial charge in [-0.3, -0.25) is 4.79 Å². The van der Waals surface area contributed by atoms with Crippen molar-refractivity contribution >= 4 is 27.0 Å². The predicted molar refractivity (Wildman–Crippen MR) is 46.9 cm³/mol. The standard InChI is InChI=1S/C6H12O4S2.Na/c1-2-6(7)11-4-3-5-12(8,9)10;/h2-5H2,1H3,(H,8,9,10);/q;+1/p-1. The molecule has 0 saturated heterocycles. The van der Waals surface area contributed by atoms with Gasteiger partial charge < -0.3 is 4.55 Å². The zero-order chi connectivity index (χ0) is 9.61. The predicted octanol–water partition coefficient (Wildman–Crippen LogP) is -2.40. The maximum Gasteiger partial charge on any atom is 1.00 e. The van der Waals surface area contributed by atoms with E-state index in [1.54, 1.807) is 6.92 Å². The van der Waals surface area contributed by atoms with Crippen LogP contribution in [0.4, 0.5) is 0 Å². The molecule has 13 heavy (non-hydrogen) atoms. The van der Waals surface area contributed by atoms with Crippen LogP contribution in [0.3, 0.4) is 0 Å². The quantitative estimate of drug-likeness (QED) is 0.301. The van der Waals surface area contributed by atoms with Crippen LogP contribution in [0, 0.1) is 0 Å². The Kier molecular flexibility index (Phi) is 10.4. The Morgan fingerprint density at radius 2 is 2.00 bits per heavy atom. The molecule has 0 aromatic heterocycles. The summed E-state index contributed by atoms with van der Waals surface area (Å²) in [5, 5.41) is 0.0262. The first kappa shape index (κ1) is 16.4. The average molecular weight is 234 g/mol. The van der Waals surface area contributed by atoms with E-state index < -0.39 is 10.1 Å². The molecule has 0 rings (SSSR count). The van der Waals surface area contributed by atoms with E-state index in [9.17, 15) is 17.8 Å². The van der Waals surface area contributed by atoms with Crippen molar-refractivity contribution < 1.29 is 47.3 Å². The van der Waals surface area contributed by atoms with Gasteiger partial charge in [0, 0.05) is 17.9 Å². The summed E-state index contributed by atoms with van der Waals surface area (Å²) in [6, 6.07) is 0. The molecule has 0 amide bonds. The summed E-state index contributed by atoms with van der Waals surface area (Å²) in [5.41, 5.74) is 0. The van der Waals surface area contributed by atoms with Crippen LogP contribution in [0.2, 0.25) is 0 Å². The van der Waals surface area contributed by atoms with Gasteiger partial charge in [0.2, 0.25) is 0 Å². The molecule has 0 bridgehead atoms. The molecule has 0 radical (unpaired) electrons. The van der Waals surface area contributed by atoms with Gasteiger partial charge in [0.25, 0.3) is 0 Å². The Labute approximate surface area is 105 Å². The van der Waals surface area contributed by atoms with Gasteiger partial charge >= 0.3 is 29.6 Å². The van der Waals surface area contributed by atoms with Crippen LogP contribution in [0.15, 0.2) is 0 Å². The summed E-state index contributed by atoms with van der Waals surface area (Å²) in [6.07, 6.45) is 0.691. The summed E-state index contributed by atoms with van der Waals surface area (Å²) >= 11 is 1.07. The Bertz CT molecular complexity index is 237. The molecule has 0 heterocycles. The zero-order valence-corrected chi connectivity index (χ0v) is 11.4. The Balaban J connectivity index is 0. The third kappa shape index (κ3) is 12.9. The van der Waals surface area contributed by atoms with Crippen LogP contribution in [0.25, 0.3) is 0 Å². The Hall–Kier alpha value is 0.930. The summed E-state index contributed by atoms with van der Waals surface area (Å²) in [6.45, 7) is 1.74. The van der Waals surface area contributed by atoms with Crippen molar-refractivity contribution in [2.45, 2.75) is 19.8 Å². The maximum atomic E-state index is 10.7. The van der Waals surface area contributed by atoms with E-state index >= 15 is 0 Å². The van der Waals surface area contributed by atoms with E-state index in [0.717, 1.165) is 11.8 Å². The van der Waals surface area contributed by atoms with Crippen LogP contribution in [0.1, 0.15) is 19.8 Å². The molecule has 0 atom stereocenters. The van der Waals surface area contributed by atoms with Gasteiger partial charge in [-0.05, 0) is 6.42 Å². The first-order valence-electron chi connectivity index (χ1n) is 3.55. The van der Waals surface area contributed by atoms with E-state index in [1.807, 2.05) is 0 Å². The number of thioether (sulfide) groups is 1. The molecule has 0 saturated carbocycles. The molecule has 0 unspecified atom stereocenters. The van der Waals surface area contributed by atoms with E-state index in [0.29, 0.717) is 12.2 Å². The molecule has 0 aromatic rings. The van der Waals surface area contributed by atoms with Gasteiger partial charge in [0.1, 0.15) is 0 Å². The van der Waals surface area contributed by atoms with E-state index in [-0.39, 0.29) is 46.8 Å². The second-order valence-corrected chi connectivity index (χ2v) is 4.87. The van der Waals surface area contributed by atoms with Crippen molar-refractivity contribution in [2.75, 3.05) is 11.5 Å². The Morgan fingerprint density at radius 3 is 2.38 bits per heavy atom. The normalized spacial score (nSPS) is 10.6. The summed E-state index contributed by atoms with van der Waals surface area (Å²) < 4.78 is 30.3. The van der Waals surface area contributed by atoms with Gasteiger partial charge in [0.05, 0.1) is 10.1 Å². The molecule has 72 valence electrons. The van der Waals surface area contributed by atoms with Crippen LogP contribution in [0.5, 0.6) is 0 Å². The summed E-state index contributed by atoms with van der Waals surface area (Å²) in [4.78, 5) is 10.7. The van der Waals surface area contributed by atoms with E-state index in [4.69, 9.17) is 0 Å². The first-order chi connectivity index (χ1) is 5.45. The average Bonchev–Trinajstić information content (AvgIpc) is 1.96. The molecule has 0 aliphatic rings. The summed E-state index contributed by atoms with van der Waals surface area (Å²) in [5.74, 6) is 0.0329. The number of hydrogen-bond donors (Lipinski definition) is 0. The number of carbonyl (C=O) groups is 1. The van der Waals surface area contributed by atoms with Crippen molar-refractivity contribution in [2.24, 2.45) is 0 Å². The fraction of sp³-hybridized carbons (Fsp3) is 0.833. The number of hydrogen-bond acceptors (Lipinski definition) is 5. The van der Waals surface area contributed by atoms with Gasteiger partial charge in [0.15, 0.2) is 5.12 Å². The van der Waals surface area contributed by atoms with Gasteiger partial charge in [-0.2, -0.15) is 0 Å². The monoisotopic (exact) mass is 234 g/mol. The molecule has 0 aliphatic heterocycles. The maximum absolute atomic E-state index is 10.7. The number of carbonyl (C=O) groups excluding carboxylic acids is 1. The molecular formula is C6H11NaO4S2. The summed E-state index contributed by atoms with van der Waals surface area (Å²) in [7, 11) is -4.10. The van der Waals surface area contributed by atoms with E-state index in [1.165, 1.54) is 0 Å². The van der Waals surface area contributed by atoms with E-state index in [2.05, 4.69) is 0 Å². The van der Waals surface area contributed by atoms with Crippen LogP contribution in [-0.2, 0) is 14.9 Å². The van der Waals surface area contributed by atoms with Crippen molar-refractivity contribution in [3.05, 3.63) is 0 Å². The smallest absolute Gasteiger partial charge is 0.748 e. The van der Waals surface area contributed by atoms with Crippen LogP contribution in [-0.4, -0.2) is 29.6 Å². The SMILES string of the molecule is CCC(=O)SCCCS(=O)(=O)[O-].[Na+]. The molecule has 0 aliphatic carbocycles. The second-order valence-electron chi connectivity index (χ2n) is 2.19. The first-order valence-corrected chi connectivity index (χ1v) is 6.11. The molecule has 0 aromatic carbocycles. The zero-order valence-electron chi connectivity index (χ0n) is 7.78. The molecule has 0 spiro atoms.